The van der Waals surface area contributed by atoms with Crippen LogP contribution in [-0.2, 0) is 0 Å². The first-order chi connectivity index (χ1) is 19.9. The Bertz CT molecular complexity index is 1600. The Morgan fingerprint density at radius 3 is 2.29 bits per heavy atom. The van der Waals surface area contributed by atoms with E-state index in [0.29, 0.717) is 46.0 Å². The fraction of sp³-hybridized carbons (Fsp3) is 0.125. The number of nitrogens with one attached hydrogen (secondary N) is 2. The lowest BCUT2D eigenvalue weighted by atomic mass is 10.1. The van der Waals surface area contributed by atoms with Crippen LogP contribution in [0, 0.1) is 6.92 Å². The van der Waals surface area contributed by atoms with E-state index in [1.54, 1.807) is 84.9 Å². The molecule has 0 aliphatic rings. The summed E-state index contributed by atoms with van der Waals surface area (Å²) < 4.78 is 16.4. The number of methoxy groups -OCH3 is 1. The van der Waals surface area contributed by atoms with Gasteiger partial charge in [-0.1, -0.05) is 29.8 Å². The summed E-state index contributed by atoms with van der Waals surface area (Å²) >= 11 is 0. The molecule has 4 aromatic carbocycles. The maximum Gasteiger partial charge on any atom is 0.343 e. The first-order valence-corrected chi connectivity index (χ1v) is 12.8. The second-order valence-electron chi connectivity index (χ2n) is 8.86. The van der Waals surface area contributed by atoms with Crippen molar-refractivity contribution in [2.24, 2.45) is 5.10 Å². The number of aryl methyl sites for hydroxylation is 1. The zero-order chi connectivity index (χ0) is 29.2. The molecule has 0 fully saturated rings. The van der Waals surface area contributed by atoms with Crippen LogP contribution in [0.1, 0.15) is 49.1 Å². The Hall–Kier alpha value is -5.44. The van der Waals surface area contributed by atoms with Crippen LogP contribution < -0.4 is 25.0 Å². The fourth-order valence-electron chi connectivity index (χ4n) is 3.82. The summed E-state index contributed by atoms with van der Waals surface area (Å²) in [5, 5.41) is 6.81. The number of carbonyl (C=O) groups is 3. The smallest absolute Gasteiger partial charge is 0.343 e. The molecule has 0 radical (unpaired) electrons. The molecule has 41 heavy (non-hydrogen) atoms. The van der Waals surface area contributed by atoms with Gasteiger partial charge < -0.3 is 19.5 Å². The number of rotatable bonds is 10. The van der Waals surface area contributed by atoms with E-state index < -0.39 is 11.9 Å². The van der Waals surface area contributed by atoms with Gasteiger partial charge in [-0.3, -0.25) is 9.59 Å². The Morgan fingerprint density at radius 2 is 1.54 bits per heavy atom. The van der Waals surface area contributed by atoms with E-state index in [4.69, 9.17) is 14.2 Å². The minimum atomic E-state index is -0.495. The van der Waals surface area contributed by atoms with Crippen molar-refractivity contribution in [2.75, 3.05) is 19.0 Å². The fourth-order valence-corrected chi connectivity index (χ4v) is 3.82. The molecule has 9 heteroatoms. The average Bonchev–Trinajstić information content (AvgIpc) is 2.98. The highest BCUT2D eigenvalue weighted by atomic mass is 16.6. The molecule has 0 aromatic heterocycles. The van der Waals surface area contributed by atoms with E-state index in [1.165, 1.54) is 13.3 Å². The molecule has 0 heterocycles. The second kappa shape index (κ2) is 13.6. The van der Waals surface area contributed by atoms with Crippen LogP contribution in [0.3, 0.4) is 0 Å². The first-order valence-electron chi connectivity index (χ1n) is 12.8. The van der Waals surface area contributed by atoms with Gasteiger partial charge in [0.25, 0.3) is 11.8 Å². The van der Waals surface area contributed by atoms with Crippen molar-refractivity contribution in [3.8, 4) is 17.2 Å². The molecule has 0 atom stereocenters. The van der Waals surface area contributed by atoms with Gasteiger partial charge in [-0.05, 0) is 86.1 Å². The molecule has 9 nitrogen and oxygen atoms in total. The lowest BCUT2D eigenvalue weighted by molar-refractivity contribution is 0.0727. The lowest BCUT2D eigenvalue weighted by Gasteiger charge is -2.11. The summed E-state index contributed by atoms with van der Waals surface area (Å²) in [6.45, 7) is 4.07. The normalized spacial score (nSPS) is 10.6. The first kappa shape index (κ1) is 28.6. The predicted octanol–water partition coefficient (Wildman–Crippen LogP) is 5.64. The van der Waals surface area contributed by atoms with Gasteiger partial charge in [-0.15, -0.1) is 0 Å². The van der Waals surface area contributed by atoms with E-state index in [1.807, 2.05) is 19.9 Å². The molecule has 0 spiro atoms. The van der Waals surface area contributed by atoms with Crippen molar-refractivity contribution in [3.05, 3.63) is 119 Å². The number of amides is 2. The topological polar surface area (TPSA) is 115 Å². The van der Waals surface area contributed by atoms with E-state index in [9.17, 15) is 14.4 Å². The molecule has 0 bridgehead atoms. The lowest BCUT2D eigenvalue weighted by Crippen LogP contribution is -2.18. The van der Waals surface area contributed by atoms with Crippen LogP contribution in [0.5, 0.6) is 17.2 Å². The third-order valence-corrected chi connectivity index (χ3v) is 5.82. The maximum absolute atomic E-state index is 12.7. The Labute approximate surface area is 237 Å². The van der Waals surface area contributed by atoms with Crippen LogP contribution in [0.15, 0.2) is 96.1 Å². The zero-order valence-electron chi connectivity index (χ0n) is 22.8. The second-order valence-corrected chi connectivity index (χ2v) is 8.86. The van der Waals surface area contributed by atoms with Crippen LogP contribution in [0.4, 0.5) is 5.69 Å². The molecule has 0 aliphatic heterocycles. The summed E-state index contributed by atoms with van der Waals surface area (Å²) in [6.07, 6.45) is 1.45. The van der Waals surface area contributed by atoms with Crippen LogP contribution >= 0.6 is 0 Å². The molecular formula is C32H29N3O6. The van der Waals surface area contributed by atoms with Crippen LogP contribution in [0.25, 0.3) is 0 Å². The van der Waals surface area contributed by atoms with Gasteiger partial charge in [0.05, 0.1) is 25.5 Å². The number of esters is 1. The predicted molar refractivity (Wildman–Crippen MR) is 156 cm³/mol. The van der Waals surface area contributed by atoms with Gasteiger partial charge in [-0.25, -0.2) is 10.2 Å². The SMILES string of the molecule is CCOc1cc(C=NNC(=O)c2cccc(NC(=O)c3cccc(OC)c3)c2)ccc1OC(=O)c1cccc(C)c1. The highest BCUT2D eigenvalue weighted by Crippen LogP contribution is 2.29. The quantitative estimate of drug-likeness (QED) is 0.114. The van der Waals surface area contributed by atoms with Gasteiger partial charge in [0.15, 0.2) is 11.5 Å². The summed E-state index contributed by atoms with van der Waals surface area (Å²) in [6, 6.07) is 25.3. The summed E-state index contributed by atoms with van der Waals surface area (Å²) in [4.78, 5) is 37.9. The number of hydrogen-bond acceptors (Lipinski definition) is 7. The highest BCUT2D eigenvalue weighted by molar-refractivity contribution is 6.05. The number of hydrazone groups is 1. The number of carbonyl (C=O) groups excluding carboxylic acids is 3. The number of ether oxygens (including phenoxy) is 3. The standard InChI is InChI=1S/C32H29N3O6/c1-4-40-29-17-22(14-15-28(29)41-32(38)25-11-5-8-21(2)16-25)20-33-35-31(37)23-9-6-12-26(18-23)34-30(36)24-10-7-13-27(19-24)39-3/h5-20H,4H2,1-3H3,(H,34,36)(H,35,37). The molecule has 0 unspecified atom stereocenters. The molecule has 0 saturated heterocycles. The number of hydrogen-bond donors (Lipinski definition) is 2. The number of nitrogens with zero attached hydrogens (tertiary/aromatic N) is 1. The minimum absolute atomic E-state index is 0.271. The molecule has 0 aliphatic carbocycles. The van der Waals surface area contributed by atoms with Crippen molar-refractivity contribution in [3.63, 3.8) is 0 Å². The summed E-state index contributed by atoms with van der Waals surface area (Å²) in [7, 11) is 1.53. The average molecular weight is 552 g/mol. The molecule has 208 valence electrons. The highest BCUT2D eigenvalue weighted by Gasteiger charge is 2.14. The number of benzene rings is 4. The van der Waals surface area contributed by atoms with Gasteiger partial charge in [0.2, 0.25) is 0 Å². The van der Waals surface area contributed by atoms with E-state index in [-0.39, 0.29) is 11.7 Å². The summed E-state index contributed by atoms with van der Waals surface area (Å²) in [5.74, 6) is -0.0964. The monoisotopic (exact) mass is 551 g/mol. The van der Waals surface area contributed by atoms with E-state index in [0.717, 1.165) is 5.56 Å². The van der Waals surface area contributed by atoms with Crippen molar-refractivity contribution in [2.45, 2.75) is 13.8 Å². The van der Waals surface area contributed by atoms with Crippen molar-refractivity contribution in [1.29, 1.82) is 0 Å². The van der Waals surface area contributed by atoms with Gasteiger partial charge in [0.1, 0.15) is 5.75 Å². The Morgan fingerprint density at radius 1 is 0.805 bits per heavy atom. The maximum atomic E-state index is 12.7. The molecule has 2 amide bonds. The third-order valence-electron chi connectivity index (χ3n) is 5.82. The van der Waals surface area contributed by atoms with Crippen molar-refractivity contribution >= 4 is 29.7 Å². The van der Waals surface area contributed by atoms with Gasteiger partial charge >= 0.3 is 5.97 Å². The molecule has 4 rings (SSSR count). The van der Waals surface area contributed by atoms with Crippen LogP contribution in [-0.4, -0.2) is 37.7 Å². The third kappa shape index (κ3) is 7.79. The Balaban J connectivity index is 1.40. The summed E-state index contributed by atoms with van der Waals surface area (Å²) in [5.41, 5.74) is 5.65. The molecule has 2 N–H and O–H groups in total. The Kier molecular flexibility index (Phi) is 9.45. The van der Waals surface area contributed by atoms with Gasteiger partial charge in [-0.2, -0.15) is 5.10 Å². The van der Waals surface area contributed by atoms with Gasteiger partial charge in [0, 0.05) is 16.8 Å². The van der Waals surface area contributed by atoms with Crippen molar-refractivity contribution < 1.29 is 28.6 Å². The van der Waals surface area contributed by atoms with Crippen LogP contribution in [0.2, 0.25) is 0 Å². The van der Waals surface area contributed by atoms with E-state index in [2.05, 4.69) is 15.8 Å². The zero-order valence-corrected chi connectivity index (χ0v) is 22.8. The molecule has 0 saturated carbocycles. The molecular weight excluding hydrogens is 522 g/mol. The number of anilines is 1. The molecule has 4 aromatic rings. The largest absolute Gasteiger partial charge is 0.497 e. The minimum Gasteiger partial charge on any atom is -0.497 e. The van der Waals surface area contributed by atoms with E-state index >= 15 is 0 Å². The van der Waals surface area contributed by atoms with Crippen molar-refractivity contribution in [1.82, 2.24) is 5.43 Å².